The third kappa shape index (κ3) is 15.7. The Hall–Kier alpha value is -3.55. The lowest BCUT2D eigenvalue weighted by molar-refractivity contribution is 0.306. The first-order valence-electron chi connectivity index (χ1n) is 16.7. The second-order valence-electron chi connectivity index (χ2n) is 11.9. The largest absolute Gasteiger partial charge is 0.516 e. The topological polar surface area (TPSA) is 70.1 Å². The van der Waals surface area contributed by atoms with Gasteiger partial charge in [0.25, 0.3) is 0 Å². The van der Waals surface area contributed by atoms with E-state index in [0.717, 1.165) is 35.3 Å². The van der Waals surface area contributed by atoms with Crippen molar-refractivity contribution in [3.63, 3.8) is 0 Å². The van der Waals surface area contributed by atoms with Crippen molar-refractivity contribution >= 4 is 39.1 Å². The molecule has 0 amide bonds. The van der Waals surface area contributed by atoms with E-state index < -0.39 is 0 Å². The molecule has 1 atom stereocenters. The minimum atomic E-state index is 0.369. The number of hydrogen-bond donors (Lipinski definition) is 3. The van der Waals surface area contributed by atoms with Gasteiger partial charge in [-0.2, -0.15) is 0 Å². The number of fused-ring (bicyclic) bond motifs is 1. The molecule has 4 aromatic rings. The van der Waals surface area contributed by atoms with Crippen molar-refractivity contribution in [3.05, 3.63) is 115 Å². The first kappa shape index (κ1) is 41.5. The Balaban J connectivity index is 0.00000146. The third-order valence-corrected chi connectivity index (χ3v) is 9.28. The zero-order valence-corrected chi connectivity index (χ0v) is 31.4. The van der Waals surface area contributed by atoms with E-state index in [-0.39, 0.29) is 0 Å². The van der Waals surface area contributed by atoms with Gasteiger partial charge < -0.3 is 15.7 Å². The number of rotatable bonds is 14. The van der Waals surface area contributed by atoms with Crippen molar-refractivity contribution in [2.45, 2.75) is 96.3 Å². The molecule has 7 heteroatoms. The number of unbranched alkanes of at least 4 members (excludes halogenated alkanes) is 1. The molecule has 0 fully saturated rings. The average molecular weight is 675 g/mol. The monoisotopic (exact) mass is 674 g/mol. The van der Waals surface area contributed by atoms with Crippen LogP contribution in [-0.2, 0) is 6.42 Å². The molecule has 0 aliphatic rings. The maximum Gasteiger partial charge on any atom is 0.133 e. The predicted octanol–water partition coefficient (Wildman–Crippen LogP) is 12.4. The number of nitrogens with one attached hydrogen (secondary N) is 2. The number of aliphatic hydroxyl groups excluding tert-OH is 1. The van der Waals surface area contributed by atoms with Gasteiger partial charge in [-0.1, -0.05) is 109 Å². The van der Waals surface area contributed by atoms with Crippen LogP contribution in [0.1, 0.15) is 91.2 Å². The van der Waals surface area contributed by atoms with E-state index in [4.69, 9.17) is 10.1 Å². The highest BCUT2D eigenvalue weighted by atomic mass is 32.2. The van der Waals surface area contributed by atoms with Crippen LogP contribution in [0.15, 0.2) is 114 Å². The Morgan fingerprint density at radius 2 is 1.77 bits per heavy atom. The van der Waals surface area contributed by atoms with Crippen molar-refractivity contribution in [2.24, 2.45) is 11.3 Å². The van der Waals surface area contributed by atoms with Gasteiger partial charge in [0.15, 0.2) is 0 Å². The quantitative estimate of drug-likeness (QED) is 0.0913. The summed E-state index contributed by atoms with van der Waals surface area (Å²) in [6.07, 6.45) is 15.0. The number of nitrogens with zero attached hydrogens (tertiary/aromatic N) is 2. The SMILES string of the molecule is C=C.C=CO.CC.CCCCC(CCC(C)(C)C)C/C(=C/Nc1ncc(Sc2ccnc3ccsc23)cc1Cc1ccccc1)NC. The van der Waals surface area contributed by atoms with Crippen LogP contribution < -0.4 is 10.6 Å². The van der Waals surface area contributed by atoms with Gasteiger partial charge in [-0.25, -0.2) is 4.98 Å². The predicted molar refractivity (Wildman–Crippen MR) is 210 cm³/mol. The fraction of sp³-hybridized carbons (Fsp3) is 0.400. The molecule has 256 valence electrons. The van der Waals surface area contributed by atoms with Crippen LogP contribution in [0.5, 0.6) is 0 Å². The maximum absolute atomic E-state index is 7.33. The first-order chi connectivity index (χ1) is 22.8. The highest BCUT2D eigenvalue weighted by Gasteiger charge is 2.17. The molecule has 0 bridgehead atoms. The van der Waals surface area contributed by atoms with Crippen LogP contribution >= 0.6 is 23.1 Å². The van der Waals surface area contributed by atoms with Crippen LogP contribution in [0.2, 0.25) is 0 Å². The van der Waals surface area contributed by atoms with E-state index in [9.17, 15) is 0 Å². The summed E-state index contributed by atoms with van der Waals surface area (Å²) >= 11 is 3.50. The van der Waals surface area contributed by atoms with E-state index in [0.29, 0.717) is 11.3 Å². The minimum Gasteiger partial charge on any atom is -0.516 e. The number of thiophene rings is 1. The number of hydrogen-bond acceptors (Lipinski definition) is 7. The summed E-state index contributed by atoms with van der Waals surface area (Å²) in [7, 11) is 2.03. The van der Waals surface area contributed by atoms with Gasteiger partial charge in [0.05, 0.1) is 16.5 Å². The Bertz CT molecular complexity index is 1440. The molecule has 0 radical (unpaired) electrons. The van der Waals surface area contributed by atoms with Gasteiger partial charge in [0, 0.05) is 53.1 Å². The highest BCUT2D eigenvalue weighted by molar-refractivity contribution is 7.99. The Labute approximate surface area is 293 Å². The van der Waals surface area contributed by atoms with Crippen LogP contribution in [-0.4, -0.2) is 22.1 Å². The molecule has 5 nitrogen and oxygen atoms in total. The van der Waals surface area contributed by atoms with Gasteiger partial charge in [0.1, 0.15) is 5.82 Å². The maximum atomic E-state index is 7.33. The summed E-state index contributed by atoms with van der Waals surface area (Å²) in [5, 5.41) is 16.5. The van der Waals surface area contributed by atoms with Gasteiger partial charge in [-0.3, -0.25) is 4.98 Å². The van der Waals surface area contributed by atoms with Gasteiger partial charge in [-0.05, 0) is 59.7 Å². The molecule has 1 unspecified atom stereocenters. The average Bonchev–Trinajstić information content (AvgIpc) is 3.57. The van der Waals surface area contributed by atoms with Gasteiger partial charge in [-0.15, -0.1) is 24.5 Å². The summed E-state index contributed by atoms with van der Waals surface area (Å²) in [5.74, 6) is 1.60. The van der Waals surface area contributed by atoms with Crippen molar-refractivity contribution in [2.75, 3.05) is 12.4 Å². The number of anilines is 1. The van der Waals surface area contributed by atoms with E-state index in [2.05, 4.69) is 123 Å². The molecular weight excluding hydrogens is 617 g/mol. The molecular formula is C40H58N4OS2. The fourth-order valence-electron chi connectivity index (χ4n) is 4.86. The number of aromatic nitrogens is 2. The molecule has 0 saturated heterocycles. The van der Waals surface area contributed by atoms with E-state index in [1.165, 1.54) is 58.5 Å². The molecule has 0 saturated carbocycles. The molecule has 3 N–H and O–H groups in total. The molecule has 3 aromatic heterocycles. The smallest absolute Gasteiger partial charge is 0.133 e. The molecule has 0 aliphatic carbocycles. The summed E-state index contributed by atoms with van der Waals surface area (Å²) in [5.41, 5.74) is 5.12. The summed E-state index contributed by atoms with van der Waals surface area (Å²) in [6, 6.07) is 17.1. The minimum absolute atomic E-state index is 0.369. The van der Waals surface area contributed by atoms with Crippen LogP contribution in [0.25, 0.3) is 10.2 Å². The molecule has 1 aromatic carbocycles. The van der Waals surface area contributed by atoms with Gasteiger partial charge >= 0.3 is 0 Å². The van der Waals surface area contributed by atoms with Crippen molar-refractivity contribution in [1.29, 1.82) is 0 Å². The Morgan fingerprint density at radius 1 is 1.06 bits per heavy atom. The van der Waals surface area contributed by atoms with Crippen LogP contribution in [0.4, 0.5) is 5.82 Å². The summed E-state index contributed by atoms with van der Waals surface area (Å²) in [4.78, 5) is 11.8. The normalized spacial score (nSPS) is 11.5. The molecule has 47 heavy (non-hydrogen) atoms. The fourth-order valence-corrected chi connectivity index (χ4v) is 6.77. The van der Waals surface area contributed by atoms with Crippen molar-refractivity contribution in [1.82, 2.24) is 15.3 Å². The number of allylic oxidation sites excluding steroid dienone is 1. The first-order valence-corrected chi connectivity index (χ1v) is 18.4. The lowest BCUT2D eigenvalue weighted by Gasteiger charge is -2.24. The van der Waals surface area contributed by atoms with Gasteiger partial charge in [0.2, 0.25) is 0 Å². The standard InChI is InChI=1S/C34H44N4S2.C2H4O.C2H6.C2H4/c1-6-7-11-26(14-17-34(2,3)4)21-28(35-5)23-37-33-27(20-25-12-9-8-10-13-25)22-29(24-38-33)40-31-15-18-36-30-16-19-39-32(30)31;1-2-3;2*1-2/h8-10,12-13,15-16,18-19,22-24,26,35H,6-7,11,14,17,20-21H2,1-5H3,(H,37,38);2-3H,1H2;1-2H3;1-2H2/b28-23-;;;. The zero-order chi connectivity index (χ0) is 35.1. The second-order valence-corrected chi connectivity index (χ2v) is 14.0. The van der Waals surface area contributed by atoms with E-state index >= 15 is 0 Å². The highest BCUT2D eigenvalue weighted by Crippen LogP contribution is 2.36. The lowest BCUT2D eigenvalue weighted by atomic mass is 9.83. The lowest BCUT2D eigenvalue weighted by Crippen LogP contribution is -2.16. The Morgan fingerprint density at radius 3 is 2.40 bits per heavy atom. The number of benzene rings is 1. The van der Waals surface area contributed by atoms with Crippen LogP contribution in [0, 0.1) is 11.3 Å². The number of aliphatic hydroxyl groups is 1. The van der Waals surface area contributed by atoms with Crippen molar-refractivity contribution in [3.8, 4) is 0 Å². The third-order valence-electron chi connectivity index (χ3n) is 7.20. The van der Waals surface area contributed by atoms with E-state index in [1.807, 2.05) is 33.3 Å². The van der Waals surface area contributed by atoms with Crippen molar-refractivity contribution < 1.29 is 5.11 Å². The van der Waals surface area contributed by atoms with E-state index in [1.54, 1.807) is 23.1 Å². The molecule has 0 spiro atoms. The zero-order valence-electron chi connectivity index (χ0n) is 29.8. The molecule has 4 rings (SSSR count). The molecule has 0 aliphatic heterocycles. The Kier molecular flexibility index (Phi) is 20.9. The second kappa shape index (κ2) is 23.7. The van der Waals surface area contributed by atoms with Crippen LogP contribution in [0.3, 0.4) is 0 Å². The molecule has 3 heterocycles. The summed E-state index contributed by atoms with van der Waals surface area (Å²) < 4.78 is 1.23. The summed E-state index contributed by atoms with van der Waals surface area (Å²) in [6.45, 7) is 22.2. The number of pyridine rings is 2.